The number of halogens is 2. The lowest BCUT2D eigenvalue weighted by atomic mass is 9.95. The van der Waals surface area contributed by atoms with Crippen LogP contribution in [0.15, 0.2) is 18.2 Å². The minimum Gasteiger partial charge on any atom is -0.372 e. The van der Waals surface area contributed by atoms with Crippen molar-refractivity contribution in [2.45, 2.75) is 13.0 Å². The molecular formula is C14H22Cl2N2O3S. The molecule has 1 fully saturated rings. The van der Waals surface area contributed by atoms with Gasteiger partial charge in [0.15, 0.2) is 0 Å². The summed E-state index contributed by atoms with van der Waals surface area (Å²) in [5, 5.41) is 3.96. The molecule has 1 heterocycles. The zero-order valence-corrected chi connectivity index (χ0v) is 15.0. The highest BCUT2D eigenvalue weighted by Crippen LogP contribution is 2.30. The summed E-state index contributed by atoms with van der Waals surface area (Å²) in [6, 6.07) is 5.85. The lowest BCUT2D eigenvalue weighted by Crippen LogP contribution is -2.36. The third-order valence-corrected chi connectivity index (χ3v) is 4.64. The minimum absolute atomic E-state index is 0. The molecule has 1 aliphatic rings. The molecule has 1 saturated heterocycles. The van der Waals surface area contributed by atoms with E-state index < -0.39 is 10.0 Å². The molecule has 22 heavy (non-hydrogen) atoms. The van der Waals surface area contributed by atoms with Crippen LogP contribution in [0.1, 0.15) is 17.2 Å². The third kappa shape index (κ3) is 5.68. The molecule has 8 heteroatoms. The van der Waals surface area contributed by atoms with Crippen molar-refractivity contribution >= 4 is 34.0 Å². The van der Waals surface area contributed by atoms with Crippen LogP contribution in [-0.2, 0) is 14.8 Å². The molecule has 2 N–H and O–H groups in total. The van der Waals surface area contributed by atoms with Crippen molar-refractivity contribution in [3.05, 3.63) is 34.3 Å². The standard InChI is InChI=1S/C14H21ClN2O3S.ClH/c1-10-3-4-11(7-13(10)15)14-12(8-16-5-6-20-14)9-17-21(2,18)19;/h3-4,7,12,14,16-17H,5-6,8-9H2,1-2H3;1H. The first kappa shape index (κ1) is 19.7. The van der Waals surface area contributed by atoms with Gasteiger partial charge in [0.25, 0.3) is 0 Å². The van der Waals surface area contributed by atoms with Crippen LogP contribution < -0.4 is 10.0 Å². The summed E-state index contributed by atoms with van der Waals surface area (Å²) in [6.45, 7) is 4.32. The summed E-state index contributed by atoms with van der Waals surface area (Å²) >= 11 is 6.19. The van der Waals surface area contributed by atoms with E-state index >= 15 is 0 Å². The Morgan fingerprint density at radius 2 is 2.18 bits per heavy atom. The van der Waals surface area contributed by atoms with Gasteiger partial charge in [0.1, 0.15) is 0 Å². The van der Waals surface area contributed by atoms with E-state index in [1.807, 2.05) is 25.1 Å². The van der Waals surface area contributed by atoms with Crippen LogP contribution in [0.3, 0.4) is 0 Å². The number of nitrogens with one attached hydrogen (secondary N) is 2. The molecule has 0 aliphatic carbocycles. The maximum Gasteiger partial charge on any atom is 0.208 e. The topological polar surface area (TPSA) is 67.4 Å². The Kier molecular flexibility index (Phi) is 7.58. The van der Waals surface area contributed by atoms with Crippen LogP contribution in [0, 0.1) is 12.8 Å². The van der Waals surface area contributed by atoms with Crippen molar-refractivity contribution in [2.24, 2.45) is 5.92 Å². The molecule has 2 rings (SSSR count). The first-order valence-corrected chi connectivity index (χ1v) is 9.17. The fourth-order valence-electron chi connectivity index (χ4n) is 2.38. The third-order valence-electron chi connectivity index (χ3n) is 3.54. The second kappa shape index (κ2) is 8.47. The van der Waals surface area contributed by atoms with E-state index in [4.69, 9.17) is 16.3 Å². The highest BCUT2D eigenvalue weighted by Gasteiger charge is 2.27. The van der Waals surface area contributed by atoms with Gasteiger partial charge in [-0.05, 0) is 24.1 Å². The molecule has 1 aromatic carbocycles. The fraction of sp³-hybridized carbons (Fsp3) is 0.571. The number of sulfonamides is 1. The molecule has 5 nitrogen and oxygen atoms in total. The van der Waals surface area contributed by atoms with Gasteiger partial charge in [-0.25, -0.2) is 13.1 Å². The van der Waals surface area contributed by atoms with Gasteiger partial charge in [-0.1, -0.05) is 23.7 Å². The first-order valence-electron chi connectivity index (χ1n) is 6.90. The number of rotatable bonds is 4. The summed E-state index contributed by atoms with van der Waals surface area (Å²) in [5.74, 6) is 0.0148. The van der Waals surface area contributed by atoms with Crippen molar-refractivity contribution < 1.29 is 13.2 Å². The second-order valence-electron chi connectivity index (χ2n) is 5.38. The van der Waals surface area contributed by atoms with Crippen molar-refractivity contribution in [3.8, 4) is 0 Å². The molecule has 126 valence electrons. The lowest BCUT2D eigenvalue weighted by molar-refractivity contribution is 0.0322. The Morgan fingerprint density at radius 1 is 1.45 bits per heavy atom. The monoisotopic (exact) mass is 368 g/mol. The van der Waals surface area contributed by atoms with Crippen LogP contribution in [0.5, 0.6) is 0 Å². The summed E-state index contributed by atoms with van der Waals surface area (Å²) in [5.41, 5.74) is 1.99. The van der Waals surface area contributed by atoms with E-state index in [0.717, 1.165) is 23.9 Å². The molecule has 0 saturated carbocycles. The van der Waals surface area contributed by atoms with E-state index in [0.29, 0.717) is 24.7 Å². The Bertz CT molecular complexity index is 596. The Balaban J connectivity index is 0.00000242. The van der Waals surface area contributed by atoms with Gasteiger partial charge in [0.2, 0.25) is 10.0 Å². The molecule has 0 spiro atoms. The van der Waals surface area contributed by atoms with Crippen LogP contribution in [0.4, 0.5) is 0 Å². The average molecular weight is 369 g/mol. The maximum atomic E-state index is 11.3. The maximum absolute atomic E-state index is 11.3. The molecule has 0 amide bonds. The SMILES string of the molecule is Cc1ccc(C2OCCNCC2CNS(C)(=O)=O)cc1Cl.Cl. The fourth-order valence-corrected chi connectivity index (χ4v) is 3.09. The van der Waals surface area contributed by atoms with E-state index in [-0.39, 0.29) is 24.4 Å². The molecule has 0 aromatic heterocycles. The van der Waals surface area contributed by atoms with Crippen molar-refractivity contribution in [2.75, 3.05) is 32.5 Å². The average Bonchev–Trinajstić information content (AvgIpc) is 2.64. The zero-order chi connectivity index (χ0) is 15.5. The molecule has 1 aliphatic heterocycles. The Morgan fingerprint density at radius 3 is 2.82 bits per heavy atom. The van der Waals surface area contributed by atoms with Gasteiger partial charge in [-0.2, -0.15) is 0 Å². The van der Waals surface area contributed by atoms with Crippen LogP contribution in [-0.4, -0.2) is 40.9 Å². The molecule has 2 unspecified atom stereocenters. The summed E-state index contributed by atoms with van der Waals surface area (Å²) < 4.78 is 31.1. The smallest absolute Gasteiger partial charge is 0.208 e. The van der Waals surface area contributed by atoms with Gasteiger partial charge in [0, 0.05) is 30.6 Å². The molecular weight excluding hydrogens is 347 g/mol. The van der Waals surface area contributed by atoms with Gasteiger partial charge in [0.05, 0.1) is 19.0 Å². The Hall–Kier alpha value is -0.370. The van der Waals surface area contributed by atoms with E-state index in [2.05, 4.69) is 10.0 Å². The van der Waals surface area contributed by atoms with E-state index in [1.54, 1.807) is 0 Å². The number of hydrogen-bond donors (Lipinski definition) is 2. The number of aryl methyl sites for hydroxylation is 1. The molecule has 1 aromatic rings. The van der Waals surface area contributed by atoms with E-state index in [1.165, 1.54) is 0 Å². The summed E-state index contributed by atoms with van der Waals surface area (Å²) in [7, 11) is -3.22. The van der Waals surface area contributed by atoms with Crippen molar-refractivity contribution in [3.63, 3.8) is 0 Å². The highest BCUT2D eigenvalue weighted by atomic mass is 35.5. The van der Waals surface area contributed by atoms with Crippen LogP contribution in [0.2, 0.25) is 5.02 Å². The normalized spacial score (nSPS) is 22.7. The summed E-state index contributed by atoms with van der Waals surface area (Å²) in [4.78, 5) is 0. The van der Waals surface area contributed by atoms with Crippen LogP contribution >= 0.6 is 24.0 Å². The van der Waals surface area contributed by atoms with Gasteiger partial charge >= 0.3 is 0 Å². The predicted octanol–water partition coefficient (Wildman–Crippen LogP) is 1.90. The number of ether oxygens (including phenoxy) is 1. The van der Waals surface area contributed by atoms with Crippen molar-refractivity contribution in [1.82, 2.24) is 10.0 Å². The summed E-state index contributed by atoms with van der Waals surface area (Å²) in [6.07, 6.45) is 0.989. The quantitative estimate of drug-likeness (QED) is 0.851. The predicted molar refractivity (Wildman–Crippen MR) is 91.3 cm³/mol. The molecule has 0 radical (unpaired) electrons. The number of hydrogen-bond acceptors (Lipinski definition) is 4. The first-order chi connectivity index (χ1) is 9.87. The second-order valence-corrected chi connectivity index (χ2v) is 7.63. The Labute approximate surface area is 143 Å². The largest absolute Gasteiger partial charge is 0.372 e. The minimum atomic E-state index is -3.22. The van der Waals surface area contributed by atoms with Gasteiger partial charge in [-0.3, -0.25) is 0 Å². The van der Waals surface area contributed by atoms with E-state index in [9.17, 15) is 8.42 Å². The van der Waals surface area contributed by atoms with Gasteiger partial charge < -0.3 is 10.1 Å². The highest BCUT2D eigenvalue weighted by molar-refractivity contribution is 7.88. The lowest BCUT2D eigenvalue weighted by Gasteiger charge is -2.25. The van der Waals surface area contributed by atoms with Crippen LogP contribution in [0.25, 0.3) is 0 Å². The molecule has 2 atom stereocenters. The van der Waals surface area contributed by atoms with Crippen molar-refractivity contribution in [1.29, 1.82) is 0 Å². The zero-order valence-electron chi connectivity index (χ0n) is 12.6. The van der Waals surface area contributed by atoms with Gasteiger partial charge in [-0.15, -0.1) is 12.4 Å². The molecule has 0 bridgehead atoms. The number of benzene rings is 1.